The molecule has 5 atom stereocenters. The van der Waals surface area contributed by atoms with E-state index in [9.17, 15) is 37.6 Å². The van der Waals surface area contributed by atoms with Crippen molar-refractivity contribution in [1.82, 2.24) is 5.06 Å². The summed E-state index contributed by atoms with van der Waals surface area (Å²) in [4.78, 5) is 46.5. The minimum Gasteiger partial charge on any atom is -1.00 e. The Balaban J connectivity index is 0.0000109. The van der Waals surface area contributed by atoms with E-state index in [1.165, 1.54) is 43.2 Å². The van der Waals surface area contributed by atoms with Crippen molar-refractivity contribution < 1.29 is 87.0 Å². The zero-order chi connectivity index (χ0) is 46.3. The largest absolute Gasteiger partial charge is 1.00 e. The molecule has 0 spiro atoms. The predicted molar refractivity (Wildman–Crippen MR) is 248 cm³/mol. The molecule has 1 aliphatic heterocycles. The van der Waals surface area contributed by atoms with Gasteiger partial charge in [0.25, 0.3) is 5.91 Å². The molecule has 3 N–H and O–H groups in total. The number of aryl methyl sites for hydroxylation is 2. The molecule has 1 saturated heterocycles. The van der Waals surface area contributed by atoms with Crippen LogP contribution in [0.15, 0.2) is 60.7 Å². The van der Waals surface area contributed by atoms with Crippen molar-refractivity contribution in [3.8, 4) is 0 Å². The summed E-state index contributed by atoms with van der Waals surface area (Å²) < 4.78 is 50.2. The van der Waals surface area contributed by atoms with Crippen molar-refractivity contribution in [2.24, 2.45) is 0 Å². The number of unbranched alkanes of at least 4 members (excludes halogenated alkanes) is 20. The number of hydrogen-bond acceptors (Lipinski definition) is 11. The molecule has 1 amide bonds. The topological polar surface area (TPSA) is 186 Å². The molecule has 3 rings (SSSR count). The number of rotatable bonds is 35. The third-order valence-corrected chi connectivity index (χ3v) is 12.4. The van der Waals surface area contributed by atoms with Crippen LogP contribution in [0.4, 0.5) is 0 Å². The van der Waals surface area contributed by atoms with E-state index in [1.54, 1.807) is 0 Å². The standard InChI is InChI=1S/C50H79NO12S.Na.H/c1-2-3-4-5-6-7-8-9-10-17-28-37-44(53)51(62-46(55)39-30-19-14-12-16-23-32-42-35-26-21-27-36-42)47-49(48(63-64(57,58)59)43(40-52)60-50(47)56)61-45(54)38-29-18-13-11-15-22-31-41-33-24-20-25-34-41;;/h20-21,24-27,33-36,43,47-50,52,56H,2-19,22-23,28-32,37-40H2,1H3,(H,57,58,59);;/q;+1;-1/t43-,47+,48-,49-,50+;;/m1../s1. The quantitative estimate of drug-likeness (QED) is 0.0208. The molecule has 65 heavy (non-hydrogen) atoms. The molecule has 0 aliphatic carbocycles. The number of carbonyl (C=O) groups excluding carboxylic acids is 3. The normalized spacial score (nSPS) is 18.4. The Morgan fingerprint density at radius 1 is 0.615 bits per heavy atom. The first-order chi connectivity index (χ1) is 31.0. The van der Waals surface area contributed by atoms with Crippen LogP contribution in [0.2, 0.25) is 0 Å². The number of aliphatic hydroxyl groups is 2. The Morgan fingerprint density at radius 2 is 1.03 bits per heavy atom. The Morgan fingerprint density at radius 3 is 1.48 bits per heavy atom. The van der Waals surface area contributed by atoms with Crippen LogP contribution in [0.5, 0.6) is 0 Å². The second-order valence-electron chi connectivity index (χ2n) is 17.4. The zero-order valence-corrected chi connectivity index (χ0v) is 42.4. The second kappa shape index (κ2) is 35.7. The van der Waals surface area contributed by atoms with Gasteiger partial charge in [0.15, 0.2) is 18.4 Å². The molecular weight excluding hydrogens is 862 g/mol. The molecule has 1 aliphatic rings. The molecule has 2 aromatic rings. The van der Waals surface area contributed by atoms with E-state index < -0.39 is 65.5 Å². The summed E-state index contributed by atoms with van der Waals surface area (Å²) in [6.45, 7) is 1.30. The smallest absolute Gasteiger partial charge is 1.00 e. The maximum absolute atomic E-state index is 14.0. The number of ether oxygens (including phenoxy) is 2. The summed E-state index contributed by atoms with van der Waals surface area (Å²) in [5.74, 6) is -2.27. The number of benzene rings is 2. The maximum atomic E-state index is 14.0. The minimum atomic E-state index is -5.24. The van der Waals surface area contributed by atoms with Crippen LogP contribution in [0, 0.1) is 0 Å². The third-order valence-electron chi connectivity index (χ3n) is 11.9. The van der Waals surface area contributed by atoms with Crippen LogP contribution in [0.1, 0.15) is 186 Å². The molecule has 0 bridgehead atoms. The van der Waals surface area contributed by atoms with Crippen molar-refractivity contribution >= 4 is 28.2 Å². The first kappa shape index (κ1) is 58.7. The van der Waals surface area contributed by atoms with Gasteiger partial charge in [0, 0.05) is 19.3 Å². The Hall–Kier alpha value is -2.40. The monoisotopic (exact) mass is 942 g/mol. The Kier molecular flexibility index (Phi) is 32.3. The average molecular weight is 942 g/mol. The molecule has 364 valence electrons. The number of esters is 1. The summed E-state index contributed by atoms with van der Waals surface area (Å²) in [7, 11) is -5.24. The summed E-state index contributed by atoms with van der Waals surface area (Å²) in [6.07, 6.45) is 16.4. The van der Waals surface area contributed by atoms with Crippen molar-refractivity contribution in [2.45, 2.75) is 217 Å². The van der Waals surface area contributed by atoms with Crippen LogP contribution in [-0.2, 0) is 56.1 Å². The number of amides is 1. The van der Waals surface area contributed by atoms with E-state index in [0.29, 0.717) is 24.3 Å². The number of hydroxylamine groups is 2. The molecule has 2 aromatic carbocycles. The van der Waals surface area contributed by atoms with Gasteiger partial charge >= 0.3 is 51.9 Å². The summed E-state index contributed by atoms with van der Waals surface area (Å²) in [5, 5.41) is 22.1. The van der Waals surface area contributed by atoms with Gasteiger partial charge in [-0.2, -0.15) is 13.5 Å². The van der Waals surface area contributed by atoms with Gasteiger partial charge < -0.3 is 26.0 Å². The van der Waals surface area contributed by atoms with Gasteiger partial charge in [0.1, 0.15) is 12.2 Å². The molecular formula is C50H80NNaO12S. The first-order valence-electron chi connectivity index (χ1n) is 24.4. The number of aliphatic hydroxyl groups excluding tert-OH is 2. The van der Waals surface area contributed by atoms with E-state index in [0.717, 1.165) is 109 Å². The second-order valence-corrected chi connectivity index (χ2v) is 18.4. The number of hydrogen-bond donors (Lipinski definition) is 3. The van der Waals surface area contributed by atoms with Gasteiger partial charge in [-0.15, -0.1) is 0 Å². The fraction of sp³-hybridized carbons (Fsp3) is 0.700. The van der Waals surface area contributed by atoms with Crippen molar-refractivity contribution in [3.63, 3.8) is 0 Å². The average Bonchev–Trinajstić information content (AvgIpc) is 3.27. The third kappa shape index (κ3) is 26.1. The van der Waals surface area contributed by atoms with Gasteiger partial charge in [-0.05, 0) is 56.1 Å². The summed E-state index contributed by atoms with van der Waals surface area (Å²) >= 11 is 0. The van der Waals surface area contributed by atoms with Gasteiger partial charge in [-0.1, -0.05) is 183 Å². The van der Waals surface area contributed by atoms with E-state index in [1.807, 2.05) is 36.4 Å². The van der Waals surface area contributed by atoms with Crippen LogP contribution >= 0.6 is 0 Å². The minimum absolute atomic E-state index is 0. The molecule has 1 fully saturated rings. The van der Waals surface area contributed by atoms with E-state index in [-0.39, 0.29) is 50.2 Å². The molecule has 0 saturated carbocycles. The van der Waals surface area contributed by atoms with Crippen molar-refractivity contribution in [3.05, 3.63) is 71.8 Å². The van der Waals surface area contributed by atoms with Gasteiger partial charge in [-0.3, -0.25) is 14.1 Å². The molecule has 13 nitrogen and oxygen atoms in total. The molecule has 1 heterocycles. The van der Waals surface area contributed by atoms with Gasteiger partial charge in [0.2, 0.25) is 0 Å². The van der Waals surface area contributed by atoms with Crippen LogP contribution in [0.3, 0.4) is 0 Å². The van der Waals surface area contributed by atoms with E-state index >= 15 is 0 Å². The zero-order valence-electron chi connectivity index (χ0n) is 40.5. The predicted octanol–water partition coefficient (Wildman–Crippen LogP) is 7.22. The fourth-order valence-electron chi connectivity index (χ4n) is 8.29. The molecule has 15 heteroatoms. The van der Waals surface area contributed by atoms with E-state index in [4.69, 9.17) is 18.5 Å². The Bertz CT molecular complexity index is 1660. The first-order valence-corrected chi connectivity index (χ1v) is 25.8. The van der Waals surface area contributed by atoms with Crippen LogP contribution in [-0.4, -0.2) is 83.3 Å². The van der Waals surface area contributed by atoms with Gasteiger partial charge in [-0.25, -0.2) is 8.98 Å². The SMILES string of the molecule is CCCCCCCCCCCCCC(=O)N(OC(=O)CCCCCCCCc1ccccc1)[C@H]1[C@@H](OC(=O)CCCCCCCCc2ccccc2)[C@H](OS(=O)(=O)O)[C@@H](CO)O[C@@H]1O.[H-].[Na+]. The molecule has 0 unspecified atom stereocenters. The maximum Gasteiger partial charge on any atom is 1.00 e. The van der Waals surface area contributed by atoms with E-state index in [2.05, 4.69) is 31.2 Å². The van der Waals surface area contributed by atoms with Crippen LogP contribution < -0.4 is 29.6 Å². The molecule has 0 aromatic heterocycles. The Labute approximate surface area is 413 Å². The number of carbonyl (C=O) groups is 3. The van der Waals surface area contributed by atoms with Crippen LogP contribution in [0.25, 0.3) is 0 Å². The van der Waals surface area contributed by atoms with Gasteiger partial charge in [0.05, 0.1) is 6.61 Å². The number of nitrogens with zero attached hydrogens (tertiary/aromatic N) is 1. The summed E-state index contributed by atoms with van der Waals surface area (Å²) in [5.41, 5.74) is 2.60. The molecule has 0 radical (unpaired) electrons. The summed E-state index contributed by atoms with van der Waals surface area (Å²) in [6, 6.07) is 18.8. The van der Waals surface area contributed by atoms with Crippen molar-refractivity contribution in [1.29, 1.82) is 0 Å². The fourth-order valence-corrected chi connectivity index (χ4v) is 8.80. The van der Waals surface area contributed by atoms with Crippen molar-refractivity contribution in [2.75, 3.05) is 6.61 Å².